The van der Waals surface area contributed by atoms with E-state index in [4.69, 9.17) is 0 Å². The van der Waals surface area contributed by atoms with Crippen LogP contribution in [0.4, 0.5) is 0 Å². The highest BCUT2D eigenvalue weighted by atomic mass is 32.2. The van der Waals surface area contributed by atoms with E-state index in [1.165, 1.54) is 10.6 Å². The second kappa shape index (κ2) is 7.61. The predicted molar refractivity (Wildman–Crippen MR) is 91.7 cm³/mol. The molecule has 126 valence electrons. The van der Waals surface area contributed by atoms with Gasteiger partial charge in [0, 0.05) is 36.7 Å². The fourth-order valence-corrected chi connectivity index (χ4v) is 3.46. The first-order valence-electron chi connectivity index (χ1n) is 7.68. The third-order valence-corrected chi connectivity index (χ3v) is 4.95. The lowest BCUT2D eigenvalue weighted by Gasteiger charge is -2.19. The molecule has 1 amide bonds. The van der Waals surface area contributed by atoms with E-state index < -0.39 is 10.0 Å². The van der Waals surface area contributed by atoms with Crippen molar-refractivity contribution in [3.63, 3.8) is 0 Å². The number of hydrogen-bond donors (Lipinski definition) is 2. The summed E-state index contributed by atoms with van der Waals surface area (Å²) in [5.74, 6) is -0.111. The summed E-state index contributed by atoms with van der Waals surface area (Å²) in [6, 6.07) is 7.81. The van der Waals surface area contributed by atoms with Crippen LogP contribution in [0.2, 0.25) is 0 Å². The Balaban J connectivity index is 1.88. The molecule has 1 aromatic heterocycles. The molecule has 1 aromatic carbocycles. The normalized spacial score (nSPS) is 12.0. The van der Waals surface area contributed by atoms with Crippen molar-refractivity contribution in [2.45, 2.75) is 19.8 Å². The summed E-state index contributed by atoms with van der Waals surface area (Å²) in [6.45, 7) is 3.01. The van der Waals surface area contributed by atoms with E-state index >= 15 is 0 Å². The lowest BCUT2D eigenvalue weighted by Crippen LogP contribution is -2.38. The Morgan fingerprint density at radius 2 is 2.00 bits per heavy atom. The molecule has 0 saturated heterocycles. The van der Waals surface area contributed by atoms with Crippen LogP contribution in [0.25, 0.3) is 10.9 Å². The summed E-state index contributed by atoms with van der Waals surface area (Å²) in [7, 11) is -3.23. The zero-order valence-corrected chi connectivity index (χ0v) is 14.3. The number of nitrogens with zero attached hydrogens (tertiary/aromatic N) is 1. The molecule has 2 aromatic rings. The summed E-state index contributed by atoms with van der Waals surface area (Å²) < 4.78 is 24.6. The second-order valence-electron chi connectivity index (χ2n) is 5.55. The summed E-state index contributed by atoms with van der Waals surface area (Å²) >= 11 is 0. The third kappa shape index (κ3) is 4.80. The molecule has 0 bridgehead atoms. The Hall–Kier alpha value is -1.86. The minimum Gasteiger partial charge on any atom is -0.361 e. The van der Waals surface area contributed by atoms with E-state index in [-0.39, 0.29) is 12.3 Å². The maximum absolute atomic E-state index is 12.1. The molecule has 0 saturated carbocycles. The third-order valence-electron chi connectivity index (χ3n) is 3.65. The van der Waals surface area contributed by atoms with Crippen molar-refractivity contribution in [2.75, 3.05) is 25.9 Å². The Kier molecular flexibility index (Phi) is 5.79. The van der Waals surface area contributed by atoms with Gasteiger partial charge in [-0.1, -0.05) is 25.1 Å². The lowest BCUT2D eigenvalue weighted by atomic mass is 10.1. The molecule has 0 unspecified atom stereocenters. The van der Waals surface area contributed by atoms with E-state index in [1.807, 2.05) is 37.4 Å². The molecule has 2 N–H and O–H groups in total. The molecule has 0 aliphatic rings. The summed E-state index contributed by atoms with van der Waals surface area (Å²) in [5.41, 5.74) is 1.94. The SMILES string of the molecule is CCCN(CCNC(=O)Cc1c[nH]c2ccccc12)S(C)(=O)=O. The number of fused-ring (bicyclic) bond motifs is 1. The molecular formula is C16H23N3O3S. The first kappa shape index (κ1) is 17.5. The minimum atomic E-state index is -3.23. The summed E-state index contributed by atoms with van der Waals surface area (Å²) in [4.78, 5) is 15.2. The molecule has 0 radical (unpaired) electrons. The van der Waals surface area contributed by atoms with Crippen LogP contribution in [0.3, 0.4) is 0 Å². The number of nitrogens with one attached hydrogen (secondary N) is 2. The molecule has 7 heteroatoms. The van der Waals surface area contributed by atoms with Crippen molar-refractivity contribution in [1.29, 1.82) is 0 Å². The minimum absolute atomic E-state index is 0.111. The van der Waals surface area contributed by atoms with Gasteiger partial charge in [0.1, 0.15) is 0 Å². The predicted octanol–water partition coefficient (Wildman–Crippen LogP) is 1.50. The Morgan fingerprint density at radius 3 is 2.70 bits per heavy atom. The highest BCUT2D eigenvalue weighted by Gasteiger charge is 2.15. The van der Waals surface area contributed by atoms with Crippen molar-refractivity contribution in [3.05, 3.63) is 36.0 Å². The molecule has 1 heterocycles. The molecule has 0 aliphatic carbocycles. The van der Waals surface area contributed by atoms with Crippen molar-refractivity contribution in [2.24, 2.45) is 0 Å². The van der Waals surface area contributed by atoms with Crippen molar-refractivity contribution in [3.8, 4) is 0 Å². The highest BCUT2D eigenvalue weighted by Crippen LogP contribution is 2.17. The smallest absolute Gasteiger partial charge is 0.224 e. The highest BCUT2D eigenvalue weighted by molar-refractivity contribution is 7.88. The van der Waals surface area contributed by atoms with Crippen LogP contribution >= 0.6 is 0 Å². The monoisotopic (exact) mass is 337 g/mol. The molecule has 0 fully saturated rings. The molecule has 0 atom stereocenters. The van der Waals surface area contributed by atoms with Crippen LogP contribution in [0.5, 0.6) is 0 Å². The van der Waals surface area contributed by atoms with Crippen LogP contribution in [0.1, 0.15) is 18.9 Å². The van der Waals surface area contributed by atoms with Crippen LogP contribution < -0.4 is 5.32 Å². The van der Waals surface area contributed by atoms with Gasteiger partial charge in [0.05, 0.1) is 12.7 Å². The van der Waals surface area contributed by atoms with Crippen LogP contribution in [0, 0.1) is 0 Å². The van der Waals surface area contributed by atoms with Gasteiger partial charge in [0.25, 0.3) is 0 Å². The van der Waals surface area contributed by atoms with Crippen molar-refractivity contribution in [1.82, 2.24) is 14.6 Å². The van der Waals surface area contributed by atoms with E-state index in [1.54, 1.807) is 0 Å². The second-order valence-corrected chi connectivity index (χ2v) is 7.53. The number of H-pyrrole nitrogens is 1. The number of hydrogen-bond acceptors (Lipinski definition) is 3. The van der Waals surface area contributed by atoms with Gasteiger partial charge in [0.15, 0.2) is 0 Å². The van der Waals surface area contributed by atoms with Gasteiger partial charge in [0.2, 0.25) is 15.9 Å². The van der Waals surface area contributed by atoms with Crippen LogP contribution in [0.15, 0.2) is 30.5 Å². The van der Waals surface area contributed by atoms with Gasteiger partial charge in [-0.3, -0.25) is 4.79 Å². The van der Waals surface area contributed by atoms with Gasteiger partial charge in [-0.05, 0) is 18.1 Å². The van der Waals surface area contributed by atoms with Crippen LogP contribution in [-0.4, -0.2) is 49.5 Å². The number of aromatic amines is 1. The van der Waals surface area contributed by atoms with Crippen LogP contribution in [-0.2, 0) is 21.2 Å². The van der Waals surface area contributed by atoms with Gasteiger partial charge < -0.3 is 10.3 Å². The molecular weight excluding hydrogens is 314 g/mol. The van der Waals surface area contributed by atoms with E-state index in [0.717, 1.165) is 22.9 Å². The van der Waals surface area contributed by atoms with Gasteiger partial charge in [-0.2, -0.15) is 0 Å². The number of para-hydroxylation sites is 1. The number of aromatic nitrogens is 1. The number of benzene rings is 1. The maximum Gasteiger partial charge on any atom is 0.224 e. The molecule has 2 rings (SSSR count). The number of carbonyl (C=O) groups is 1. The first-order chi connectivity index (χ1) is 10.9. The fourth-order valence-electron chi connectivity index (χ4n) is 2.53. The maximum atomic E-state index is 12.1. The standard InChI is InChI=1S/C16H23N3O3S/c1-3-9-19(23(2,21)22)10-8-17-16(20)11-13-12-18-15-7-5-4-6-14(13)15/h4-7,12,18H,3,8-11H2,1-2H3,(H,17,20). The Labute approximate surface area is 136 Å². The number of carbonyl (C=O) groups excluding carboxylic acids is 1. The summed E-state index contributed by atoms with van der Waals surface area (Å²) in [6.07, 6.45) is 4.05. The number of rotatable bonds is 8. The van der Waals surface area contributed by atoms with Gasteiger partial charge >= 0.3 is 0 Å². The quantitative estimate of drug-likeness (QED) is 0.766. The molecule has 23 heavy (non-hydrogen) atoms. The Bertz CT molecular complexity index is 768. The molecule has 0 aliphatic heterocycles. The van der Waals surface area contributed by atoms with E-state index in [2.05, 4.69) is 10.3 Å². The average Bonchev–Trinajstić information content (AvgIpc) is 2.89. The van der Waals surface area contributed by atoms with E-state index in [9.17, 15) is 13.2 Å². The number of amides is 1. The average molecular weight is 337 g/mol. The Morgan fingerprint density at radius 1 is 1.26 bits per heavy atom. The zero-order chi connectivity index (χ0) is 16.9. The van der Waals surface area contributed by atoms with Gasteiger partial charge in [-0.25, -0.2) is 12.7 Å². The van der Waals surface area contributed by atoms with Crippen molar-refractivity contribution < 1.29 is 13.2 Å². The fraction of sp³-hybridized carbons (Fsp3) is 0.438. The molecule has 6 nitrogen and oxygen atoms in total. The topological polar surface area (TPSA) is 82.3 Å². The first-order valence-corrected chi connectivity index (χ1v) is 9.53. The zero-order valence-electron chi connectivity index (χ0n) is 13.5. The lowest BCUT2D eigenvalue weighted by molar-refractivity contribution is -0.120. The number of sulfonamides is 1. The molecule has 0 spiro atoms. The van der Waals surface area contributed by atoms with Crippen molar-refractivity contribution >= 4 is 26.8 Å². The largest absolute Gasteiger partial charge is 0.361 e. The summed E-state index contributed by atoms with van der Waals surface area (Å²) in [5, 5.41) is 3.82. The van der Waals surface area contributed by atoms with Gasteiger partial charge in [-0.15, -0.1) is 0 Å². The van der Waals surface area contributed by atoms with E-state index in [0.29, 0.717) is 19.6 Å².